The minimum absolute atomic E-state index is 0.163. The van der Waals surface area contributed by atoms with Gasteiger partial charge in [-0.1, -0.05) is 23.7 Å². The molecule has 1 aliphatic carbocycles. The molecule has 6 heteroatoms. The molecule has 4 nitrogen and oxygen atoms in total. The van der Waals surface area contributed by atoms with Crippen LogP contribution in [0.2, 0.25) is 5.02 Å². The maximum atomic E-state index is 12.5. The van der Waals surface area contributed by atoms with Crippen molar-refractivity contribution < 1.29 is 9.59 Å². The molecule has 1 aliphatic rings. The second-order valence-corrected chi connectivity index (χ2v) is 6.97. The van der Waals surface area contributed by atoms with Gasteiger partial charge in [0.1, 0.15) is 0 Å². The Hall–Kier alpha value is -1.60. The zero-order valence-corrected chi connectivity index (χ0v) is 15.0. The van der Waals surface area contributed by atoms with Crippen LogP contribution in [0.4, 0.5) is 5.69 Å². The van der Waals surface area contributed by atoms with E-state index in [0.717, 1.165) is 16.4 Å². The van der Waals surface area contributed by atoms with Crippen molar-refractivity contribution in [1.29, 1.82) is 0 Å². The zero-order chi connectivity index (χ0) is 16.4. The highest BCUT2D eigenvalue weighted by Gasteiger charge is 2.25. The standard InChI is InChI=1S/C17H14ClIN2O2/c18-10-5-8-14(19)13(9-10)17(23)21-15-4-2-1-3-12(15)16(22)20-11-6-7-11/h1-5,8-9,11H,6-7H2,(H,20,22)(H,21,23). The summed E-state index contributed by atoms with van der Waals surface area (Å²) in [6.45, 7) is 0. The summed E-state index contributed by atoms with van der Waals surface area (Å²) in [4.78, 5) is 24.8. The summed E-state index contributed by atoms with van der Waals surface area (Å²) in [7, 11) is 0. The average molecular weight is 441 g/mol. The normalized spacial score (nSPS) is 13.5. The van der Waals surface area contributed by atoms with Crippen molar-refractivity contribution in [2.75, 3.05) is 5.32 Å². The van der Waals surface area contributed by atoms with Crippen molar-refractivity contribution in [3.05, 3.63) is 62.2 Å². The van der Waals surface area contributed by atoms with E-state index in [2.05, 4.69) is 33.2 Å². The number of hydrogen-bond acceptors (Lipinski definition) is 2. The number of hydrogen-bond donors (Lipinski definition) is 2. The highest BCUT2D eigenvalue weighted by atomic mass is 127. The monoisotopic (exact) mass is 440 g/mol. The number of carbonyl (C=O) groups excluding carboxylic acids is 2. The smallest absolute Gasteiger partial charge is 0.256 e. The van der Waals surface area contributed by atoms with Crippen LogP contribution in [0.3, 0.4) is 0 Å². The molecule has 2 N–H and O–H groups in total. The van der Waals surface area contributed by atoms with E-state index in [-0.39, 0.29) is 17.9 Å². The van der Waals surface area contributed by atoms with E-state index < -0.39 is 0 Å². The molecule has 0 bridgehead atoms. The first-order chi connectivity index (χ1) is 11.0. The second-order valence-electron chi connectivity index (χ2n) is 5.37. The van der Waals surface area contributed by atoms with Gasteiger partial charge in [-0.25, -0.2) is 0 Å². The molecule has 0 unspecified atom stereocenters. The quantitative estimate of drug-likeness (QED) is 0.704. The van der Waals surface area contributed by atoms with Crippen LogP contribution in [-0.2, 0) is 0 Å². The number of carbonyl (C=O) groups is 2. The Morgan fingerprint density at radius 1 is 1.04 bits per heavy atom. The number of nitrogens with one attached hydrogen (secondary N) is 2. The Kier molecular flexibility index (Phi) is 4.87. The Morgan fingerprint density at radius 2 is 1.78 bits per heavy atom. The van der Waals surface area contributed by atoms with Crippen molar-refractivity contribution in [1.82, 2.24) is 5.32 Å². The number of halogens is 2. The third kappa shape index (κ3) is 4.03. The Bertz CT molecular complexity index is 775. The van der Waals surface area contributed by atoms with Crippen LogP contribution in [0.25, 0.3) is 0 Å². The number of anilines is 1. The van der Waals surface area contributed by atoms with E-state index in [1.54, 1.807) is 42.5 Å². The SMILES string of the molecule is O=C(Nc1ccccc1C(=O)NC1CC1)c1cc(Cl)ccc1I. The first kappa shape index (κ1) is 16.3. The molecule has 0 spiro atoms. The maximum Gasteiger partial charge on any atom is 0.256 e. The minimum Gasteiger partial charge on any atom is -0.349 e. The van der Waals surface area contributed by atoms with Crippen molar-refractivity contribution >= 4 is 51.7 Å². The highest BCUT2D eigenvalue weighted by molar-refractivity contribution is 14.1. The Balaban J connectivity index is 1.83. The lowest BCUT2D eigenvalue weighted by Gasteiger charge is -2.12. The van der Waals surface area contributed by atoms with E-state index in [1.807, 2.05) is 0 Å². The summed E-state index contributed by atoms with van der Waals surface area (Å²) in [6, 6.07) is 12.4. The van der Waals surface area contributed by atoms with Crippen molar-refractivity contribution in [2.24, 2.45) is 0 Å². The van der Waals surface area contributed by atoms with Crippen LogP contribution < -0.4 is 10.6 Å². The fraction of sp³-hybridized carbons (Fsp3) is 0.176. The van der Waals surface area contributed by atoms with Crippen LogP contribution in [0, 0.1) is 3.57 Å². The predicted octanol–water partition coefficient (Wildman–Crippen LogP) is 4.09. The molecule has 1 fully saturated rings. The largest absolute Gasteiger partial charge is 0.349 e. The zero-order valence-electron chi connectivity index (χ0n) is 12.1. The minimum atomic E-state index is -0.288. The fourth-order valence-corrected chi connectivity index (χ4v) is 2.89. The number of amides is 2. The van der Waals surface area contributed by atoms with E-state index >= 15 is 0 Å². The summed E-state index contributed by atoms with van der Waals surface area (Å²) in [5, 5.41) is 6.23. The van der Waals surface area contributed by atoms with Gasteiger partial charge >= 0.3 is 0 Å². The van der Waals surface area contributed by atoms with Crippen molar-refractivity contribution in [3.8, 4) is 0 Å². The van der Waals surface area contributed by atoms with Gasteiger partial charge in [0.05, 0.1) is 16.8 Å². The third-order valence-corrected chi connectivity index (χ3v) is 4.68. The molecule has 3 rings (SSSR count). The van der Waals surface area contributed by atoms with E-state index in [4.69, 9.17) is 11.6 Å². The van der Waals surface area contributed by atoms with E-state index in [1.165, 1.54) is 0 Å². The van der Waals surface area contributed by atoms with Gasteiger partial charge in [0, 0.05) is 14.6 Å². The second kappa shape index (κ2) is 6.88. The average Bonchev–Trinajstić information content (AvgIpc) is 3.34. The first-order valence-corrected chi connectivity index (χ1v) is 8.66. The fourth-order valence-electron chi connectivity index (χ4n) is 2.14. The van der Waals surface area contributed by atoms with E-state index in [0.29, 0.717) is 21.8 Å². The van der Waals surface area contributed by atoms with E-state index in [9.17, 15) is 9.59 Å². The summed E-state index contributed by atoms with van der Waals surface area (Å²) in [5.74, 6) is -0.451. The molecule has 0 atom stereocenters. The molecular formula is C17H14ClIN2O2. The molecule has 2 aromatic carbocycles. The lowest BCUT2D eigenvalue weighted by molar-refractivity contribution is 0.0952. The molecule has 0 saturated heterocycles. The third-order valence-electron chi connectivity index (χ3n) is 3.51. The first-order valence-electron chi connectivity index (χ1n) is 7.21. The molecule has 0 aromatic heterocycles. The van der Waals surface area contributed by atoms with Gasteiger partial charge in [0.2, 0.25) is 0 Å². The molecule has 2 amide bonds. The Labute approximate surface area is 152 Å². The topological polar surface area (TPSA) is 58.2 Å². The lowest BCUT2D eigenvalue weighted by atomic mass is 10.1. The summed E-state index contributed by atoms with van der Waals surface area (Å²) >= 11 is 8.04. The van der Waals surface area contributed by atoms with Crippen LogP contribution in [0.1, 0.15) is 33.6 Å². The molecule has 23 heavy (non-hydrogen) atoms. The molecule has 0 aliphatic heterocycles. The van der Waals surface area contributed by atoms with Gasteiger partial charge in [-0.05, 0) is 65.8 Å². The van der Waals surface area contributed by atoms with Gasteiger partial charge in [-0.2, -0.15) is 0 Å². The summed E-state index contributed by atoms with van der Waals surface area (Å²) in [6.07, 6.45) is 2.03. The maximum absolute atomic E-state index is 12.5. The van der Waals surface area contributed by atoms with Gasteiger partial charge < -0.3 is 10.6 Å². The molecular weight excluding hydrogens is 427 g/mol. The molecule has 118 valence electrons. The Morgan fingerprint density at radius 3 is 2.52 bits per heavy atom. The highest BCUT2D eigenvalue weighted by Crippen LogP contribution is 2.23. The van der Waals surface area contributed by atoms with Crippen LogP contribution in [-0.4, -0.2) is 17.9 Å². The molecule has 0 heterocycles. The van der Waals surface area contributed by atoms with Gasteiger partial charge in [0.25, 0.3) is 11.8 Å². The number of rotatable bonds is 4. The molecule has 0 radical (unpaired) electrons. The van der Waals surface area contributed by atoms with Crippen molar-refractivity contribution in [3.63, 3.8) is 0 Å². The number of benzene rings is 2. The van der Waals surface area contributed by atoms with Gasteiger partial charge in [-0.15, -0.1) is 0 Å². The van der Waals surface area contributed by atoms with Crippen LogP contribution in [0.5, 0.6) is 0 Å². The van der Waals surface area contributed by atoms with Gasteiger partial charge in [0.15, 0.2) is 0 Å². The summed E-state index contributed by atoms with van der Waals surface area (Å²) in [5.41, 5.74) is 1.44. The number of para-hydroxylation sites is 1. The van der Waals surface area contributed by atoms with Crippen LogP contribution in [0.15, 0.2) is 42.5 Å². The lowest BCUT2D eigenvalue weighted by Crippen LogP contribution is -2.27. The van der Waals surface area contributed by atoms with Crippen LogP contribution >= 0.6 is 34.2 Å². The van der Waals surface area contributed by atoms with Crippen molar-refractivity contribution in [2.45, 2.75) is 18.9 Å². The molecule has 2 aromatic rings. The predicted molar refractivity (Wildman–Crippen MR) is 99.1 cm³/mol. The van der Waals surface area contributed by atoms with Gasteiger partial charge in [-0.3, -0.25) is 9.59 Å². The molecule has 1 saturated carbocycles. The summed E-state index contributed by atoms with van der Waals surface area (Å²) < 4.78 is 0.796.